The Morgan fingerprint density at radius 1 is 0.949 bits per heavy atom. The number of ether oxygens (including phenoxy) is 2. The molecule has 10 heteroatoms. The summed E-state index contributed by atoms with van der Waals surface area (Å²) in [6.07, 6.45) is 3.05. The van der Waals surface area contributed by atoms with Gasteiger partial charge in [0.25, 0.3) is 0 Å². The Kier molecular flexibility index (Phi) is 7.20. The van der Waals surface area contributed by atoms with E-state index >= 15 is 0 Å². The Labute approximate surface area is 222 Å². The first-order valence-corrected chi connectivity index (χ1v) is 12.2. The second kappa shape index (κ2) is 10.9. The van der Waals surface area contributed by atoms with Crippen LogP contribution in [-0.2, 0) is 9.59 Å². The molecular weight excluding hydrogens is 505 g/mol. The average Bonchev–Trinajstić information content (AvgIpc) is 3.76. The van der Waals surface area contributed by atoms with Gasteiger partial charge < -0.3 is 25.2 Å². The number of nitrogens with one attached hydrogen (secondary N) is 2. The van der Waals surface area contributed by atoms with E-state index in [2.05, 4.69) is 15.6 Å². The minimum Gasteiger partial charge on any atom is -0.490 e. The molecule has 1 saturated carbocycles. The van der Waals surface area contributed by atoms with Crippen LogP contribution in [0.25, 0.3) is 10.9 Å². The Morgan fingerprint density at radius 3 is 2.18 bits per heavy atom. The molecule has 1 aliphatic carbocycles. The van der Waals surface area contributed by atoms with E-state index in [1.54, 1.807) is 48.7 Å². The van der Waals surface area contributed by atoms with E-state index in [0.29, 0.717) is 64.2 Å². The van der Waals surface area contributed by atoms with Crippen molar-refractivity contribution in [2.75, 3.05) is 23.8 Å². The van der Waals surface area contributed by atoms with Gasteiger partial charge in [0.15, 0.2) is 6.29 Å². The molecule has 3 aromatic carbocycles. The Balaban J connectivity index is 1.27. The van der Waals surface area contributed by atoms with Crippen molar-refractivity contribution in [2.45, 2.75) is 12.8 Å². The lowest BCUT2D eigenvalue weighted by Gasteiger charge is -2.16. The van der Waals surface area contributed by atoms with E-state index in [9.17, 15) is 18.8 Å². The molecule has 5 rings (SSSR count). The van der Waals surface area contributed by atoms with Crippen LogP contribution in [0.1, 0.15) is 23.2 Å². The van der Waals surface area contributed by atoms with Crippen molar-refractivity contribution in [3.63, 3.8) is 0 Å². The minimum absolute atomic E-state index is 0.0471. The number of aliphatic hydroxyl groups excluding tert-OH is 1. The quantitative estimate of drug-likeness (QED) is 0.201. The number of aliphatic hydroxyl groups is 1. The maximum atomic E-state index is 13.1. The second-order valence-corrected chi connectivity index (χ2v) is 9.03. The lowest BCUT2D eigenvalue weighted by Crippen LogP contribution is -2.35. The number of carbonyl (C=O) groups excluding carboxylic acids is 3. The predicted molar refractivity (Wildman–Crippen MR) is 142 cm³/mol. The number of halogens is 1. The molecule has 0 bridgehead atoms. The van der Waals surface area contributed by atoms with E-state index in [-0.39, 0.29) is 13.2 Å². The van der Waals surface area contributed by atoms with Gasteiger partial charge in [0.05, 0.1) is 17.7 Å². The molecule has 1 heterocycles. The van der Waals surface area contributed by atoms with Crippen LogP contribution in [0, 0.1) is 11.2 Å². The molecule has 0 atom stereocenters. The van der Waals surface area contributed by atoms with Gasteiger partial charge in [-0.3, -0.25) is 19.4 Å². The smallest absolute Gasteiger partial charge is 0.240 e. The van der Waals surface area contributed by atoms with Gasteiger partial charge >= 0.3 is 0 Å². The summed E-state index contributed by atoms with van der Waals surface area (Å²) in [5.41, 5.74) is 0.574. The lowest BCUT2D eigenvalue weighted by molar-refractivity contribution is -0.131. The third-order valence-corrected chi connectivity index (χ3v) is 6.37. The lowest BCUT2D eigenvalue weighted by atomic mass is 10.0. The molecule has 3 N–H and O–H groups in total. The number of aromatic nitrogens is 1. The third-order valence-electron chi connectivity index (χ3n) is 6.37. The van der Waals surface area contributed by atoms with Gasteiger partial charge in [0.2, 0.25) is 11.8 Å². The molecule has 39 heavy (non-hydrogen) atoms. The maximum Gasteiger partial charge on any atom is 0.240 e. The highest BCUT2D eigenvalue weighted by Crippen LogP contribution is 2.47. The molecule has 0 spiro atoms. The van der Waals surface area contributed by atoms with E-state index in [1.165, 1.54) is 24.3 Å². The van der Waals surface area contributed by atoms with Gasteiger partial charge in [-0.2, -0.15) is 0 Å². The number of nitrogens with zero attached hydrogens (tertiary/aromatic N) is 1. The van der Waals surface area contributed by atoms with Crippen molar-refractivity contribution in [1.29, 1.82) is 0 Å². The van der Waals surface area contributed by atoms with Gasteiger partial charge in [-0.15, -0.1) is 0 Å². The topological polar surface area (TPSA) is 127 Å². The number of hydrogen-bond donors (Lipinski definition) is 3. The fourth-order valence-corrected chi connectivity index (χ4v) is 4.08. The molecule has 9 nitrogen and oxygen atoms in total. The number of carbonyl (C=O) groups is 3. The molecule has 1 aromatic heterocycles. The number of fused-ring (bicyclic) bond motifs is 1. The average molecular weight is 530 g/mol. The van der Waals surface area contributed by atoms with Gasteiger partial charge in [-0.1, -0.05) is 0 Å². The van der Waals surface area contributed by atoms with Crippen molar-refractivity contribution in [3.05, 3.63) is 84.3 Å². The van der Waals surface area contributed by atoms with Crippen molar-refractivity contribution in [1.82, 2.24) is 4.98 Å². The van der Waals surface area contributed by atoms with Gasteiger partial charge in [0, 0.05) is 29.0 Å². The maximum absolute atomic E-state index is 13.1. The molecular formula is C29H24FN3O6. The van der Waals surface area contributed by atoms with Gasteiger partial charge in [-0.05, 0) is 73.5 Å². The molecule has 0 radical (unpaired) electrons. The van der Waals surface area contributed by atoms with Crippen LogP contribution in [0.5, 0.6) is 17.2 Å². The summed E-state index contributed by atoms with van der Waals surface area (Å²) >= 11 is 0. The summed E-state index contributed by atoms with van der Waals surface area (Å²) in [7, 11) is 0. The van der Waals surface area contributed by atoms with E-state index in [0.717, 1.165) is 0 Å². The minimum atomic E-state index is -1.17. The number of hydrogen-bond acceptors (Lipinski definition) is 7. The Hall–Kier alpha value is -4.83. The first-order chi connectivity index (χ1) is 18.9. The number of anilines is 2. The largest absolute Gasteiger partial charge is 0.490 e. The first kappa shape index (κ1) is 25.8. The van der Waals surface area contributed by atoms with Gasteiger partial charge in [0.1, 0.15) is 35.1 Å². The first-order valence-electron chi connectivity index (χ1n) is 12.2. The molecule has 0 saturated heterocycles. The van der Waals surface area contributed by atoms with Crippen molar-refractivity contribution < 1.29 is 33.4 Å². The van der Waals surface area contributed by atoms with Crippen LogP contribution < -0.4 is 20.1 Å². The number of aldehydes is 1. The summed E-state index contributed by atoms with van der Waals surface area (Å²) in [4.78, 5) is 41.6. The standard InChI is InChI=1S/C29H24FN3O6/c30-19-1-3-20(4-2-19)32-27(36)29(10-11-29)28(37)33-21-5-7-22(8-6-21)39-25-9-12-31-24-16-26(38-14-13-34)18(17-35)15-23(24)25/h1-9,12,15-17,34H,10-11,13-14H2,(H,32,36)(H,33,37). The zero-order valence-corrected chi connectivity index (χ0v) is 20.6. The highest BCUT2D eigenvalue weighted by atomic mass is 19.1. The SMILES string of the molecule is O=Cc1cc2c(Oc3ccc(NC(=O)C4(C(=O)Nc5ccc(F)cc5)CC4)cc3)ccnc2cc1OCCO. The fourth-order valence-electron chi connectivity index (χ4n) is 4.08. The highest BCUT2D eigenvalue weighted by Gasteiger charge is 2.56. The molecule has 4 aromatic rings. The second-order valence-electron chi connectivity index (χ2n) is 9.03. The number of amides is 2. The van der Waals surface area contributed by atoms with E-state index in [1.807, 2.05) is 0 Å². The normalized spacial score (nSPS) is 13.4. The van der Waals surface area contributed by atoms with E-state index < -0.39 is 23.0 Å². The molecule has 2 amide bonds. The summed E-state index contributed by atoms with van der Waals surface area (Å²) in [5, 5.41) is 15.1. The molecule has 198 valence electrons. The third kappa shape index (κ3) is 5.55. The van der Waals surface area contributed by atoms with Crippen LogP contribution >= 0.6 is 0 Å². The van der Waals surface area contributed by atoms with E-state index in [4.69, 9.17) is 14.6 Å². The summed E-state index contributed by atoms with van der Waals surface area (Å²) in [6.45, 7) is -0.140. The van der Waals surface area contributed by atoms with Crippen LogP contribution in [0.3, 0.4) is 0 Å². The van der Waals surface area contributed by atoms with Crippen LogP contribution in [-0.4, -0.2) is 41.4 Å². The van der Waals surface area contributed by atoms with Crippen molar-refractivity contribution in [2.24, 2.45) is 5.41 Å². The Morgan fingerprint density at radius 2 is 1.59 bits per heavy atom. The Bertz CT molecular complexity index is 1540. The summed E-state index contributed by atoms with van der Waals surface area (Å²) < 4.78 is 24.6. The number of rotatable bonds is 10. The number of benzene rings is 3. The number of pyridine rings is 1. The van der Waals surface area contributed by atoms with Crippen molar-refractivity contribution >= 4 is 40.4 Å². The van der Waals surface area contributed by atoms with Gasteiger partial charge in [-0.25, -0.2) is 4.39 Å². The molecule has 0 aliphatic heterocycles. The summed E-state index contributed by atoms with van der Waals surface area (Å²) in [6, 6.07) is 16.9. The fraction of sp³-hybridized carbons (Fsp3) is 0.172. The molecule has 1 fully saturated rings. The van der Waals surface area contributed by atoms with Crippen LogP contribution in [0.15, 0.2) is 72.9 Å². The zero-order chi connectivity index (χ0) is 27.4. The molecule has 0 unspecified atom stereocenters. The highest BCUT2D eigenvalue weighted by molar-refractivity contribution is 6.16. The predicted octanol–water partition coefficient (Wildman–Crippen LogP) is 4.71. The van der Waals surface area contributed by atoms with Crippen LogP contribution in [0.4, 0.5) is 15.8 Å². The van der Waals surface area contributed by atoms with Crippen LogP contribution in [0.2, 0.25) is 0 Å². The summed E-state index contributed by atoms with van der Waals surface area (Å²) in [5.74, 6) is -0.0182. The zero-order valence-electron chi connectivity index (χ0n) is 20.6. The van der Waals surface area contributed by atoms with Crippen molar-refractivity contribution in [3.8, 4) is 17.2 Å². The monoisotopic (exact) mass is 529 g/mol. The molecule has 1 aliphatic rings.